The van der Waals surface area contributed by atoms with Gasteiger partial charge in [0.1, 0.15) is 11.3 Å². The van der Waals surface area contributed by atoms with E-state index in [1.807, 2.05) is 37.3 Å². The highest BCUT2D eigenvalue weighted by Crippen LogP contribution is 2.33. The fraction of sp³-hybridized carbons (Fsp3) is 0.0667. The molecule has 0 spiro atoms. The van der Waals surface area contributed by atoms with Crippen LogP contribution in [0.15, 0.2) is 47.2 Å². The third kappa shape index (κ3) is 2.32. The van der Waals surface area contributed by atoms with Gasteiger partial charge in [0.25, 0.3) is 0 Å². The SMILES string of the molecule is Cc1ncccc1Oc1ccc(N)c2cc(Br)cnc12. The number of ether oxygens (including phenoxy) is 1. The second-order valence-electron chi connectivity index (χ2n) is 4.39. The predicted octanol–water partition coefficient (Wildman–Crippen LogP) is 4.08. The zero-order chi connectivity index (χ0) is 14.1. The van der Waals surface area contributed by atoms with Crippen LogP contribution in [0.4, 0.5) is 5.69 Å². The normalized spacial score (nSPS) is 10.7. The van der Waals surface area contributed by atoms with Gasteiger partial charge in [0.05, 0.1) is 5.69 Å². The monoisotopic (exact) mass is 329 g/mol. The van der Waals surface area contributed by atoms with E-state index in [0.717, 1.165) is 21.1 Å². The summed E-state index contributed by atoms with van der Waals surface area (Å²) in [5.41, 5.74) is 8.22. The summed E-state index contributed by atoms with van der Waals surface area (Å²) in [5, 5.41) is 0.860. The molecule has 20 heavy (non-hydrogen) atoms. The van der Waals surface area contributed by atoms with Crippen molar-refractivity contribution < 1.29 is 4.74 Å². The summed E-state index contributed by atoms with van der Waals surface area (Å²) in [5.74, 6) is 1.38. The van der Waals surface area contributed by atoms with Crippen molar-refractivity contribution >= 4 is 32.5 Å². The number of nitrogen functional groups attached to an aromatic ring is 1. The van der Waals surface area contributed by atoms with E-state index in [2.05, 4.69) is 25.9 Å². The molecule has 0 amide bonds. The van der Waals surface area contributed by atoms with Crippen molar-refractivity contribution in [3.8, 4) is 11.5 Å². The van der Waals surface area contributed by atoms with Crippen LogP contribution < -0.4 is 10.5 Å². The van der Waals surface area contributed by atoms with E-state index in [1.54, 1.807) is 12.4 Å². The number of aryl methyl sites for hydroxylation is 1. The van der Waals surface area contributed by atoms with Gasteiger partial charge < -0.3 is 10.5 Å². The first-order valence-corrected chi connectivity index (χ1v) is 6.87. The van der Waals surface area contributed by atoms with Crippen LogP contribution in [-0.4, -0.2) is 9.97 Å². The van der Waals surface area contributed by atoms with Gasteiger partial charge in [0.2, 0.25) is 0 Å². The summed E-state index contributed by atoms with van der Waals surface area (Å²) in [4.78, 5) is 8.60. The maximum absolute atomic E-state index is 5.99. The highest BCUT2D eigenvalue weighted by atomic mass is 79.9. The van der Waals surface area contributed by atoms with Crippen molar-refractivity contribution in [3.63, 3.8) is 0 Å². The van der Waals surface area contributed by atoms with E-state index in [0.29, 0.717) is 17.2 Å². The molecule has 0 atom stereocenters. The number of nitrogens with zero attached hydrogens (tertiary/aromatic N) is 2. The molecule has 0 saturated carbocycles. The average Bonchev–Trinajstić information content (AvgIpc) is 2.44. The summed E-state index contributed by atoms with van der Waals surface area (Å²) in [7, 11) is 0. The molecule has 0 saturated heterocycles. The van der Waals surface area contributed by atoms with Gasteiger partial charge in [-0.05, 0) is 53.2 Å². The first kappa shape index (κ1) is 12.9. The second kappa shape index (κ2) is 5.09. The lowest BCUT2D eigenvalue weighted by molar-refractivity contribution is 0.480. The topological polar surface area (TPSA) is 61.0 Å². The third-order valence-electron chi connectivity index (χ3n) is 2.99. The lowest BCUT2D eigenvalue weighted by Gasteiger charge is -2.11. The Morgan fingerprint density at radius 2 is 2.00 bits per heavy atom. The minimum Gasteiger partial charge on any atom is -0.453 e. The van der Waals surface area contributed by atoms with Crippen molar-refractivity contribution in [1.29, 1.82) is 0 Å². The van der Waals surface area contributed by atoms with Gasteiger partial charge in [-0.1, -0.05) is 0 Å². The molecule has 3 rings (SSSR count). The van der Waals surface area contributed by atoms with Crippen LogP contribution in [0.3, 0.4) is 0 Å². The van der Waals surface area contributed by atoms with E-state index in [4.69, 9.17) is 10.5 Å². The Labute approximate surface area is 124 Å². The quantitative estimate of drug-likeness (QED) is 0.720. The number of rotatable bonds is 2. The number of nitrogens with two attached hydrogens (primary N) is 1. The maximum atomic E-state index is 5.99. The zero-order valence-corrected chi connectivity index (χ0v) is 12.4. The van der Waals surface area contributed by atoms with Gasteiger partial charge in [0, 0.05) is 27.9 Å². The number of benzene rings is 1. The molecule has 1 aromatic carbocycles. The van der Waals surface area contributed by atoms with Gasteiger partial charge in [-0.2, -0.15) is 0 Å². The molecule has 5 heteroatoms. The van der Waals surface area contributed by atoms with E-state index < -0.39 is 0 Å². The number of hydrogen-bond acceptors (Lipinski definition) is 4. The largest absolute Gasteiger partial charge is 0.453 e. The smallest absolute Gasteiger partial charge is 0.153 e. The first-order valence-electron chi connectivity index (χ1n) is 6.08. The van der Waals surface area contributed by atoms with Crippen LogP contribution in [0, 0.1) is 6.92 Å². The lowest BCUT2D eigenvalue weighted by Crippen LogP contribution is -1.94. The minimum absolute atomic E-state index is 0.665. The Morgan fingerprint density at radius 1 is 1.15 bits per heavy atom. The molecule has 4 nitrogen and oxygen atoms in total. The standard InChI is InChI=1S/C15H12BrN3O/c1-9-13(3-2-6-18-9)20-14-5-4-12(17)11-7-10(16)8-19-15(11)14/h2-8H,17H2,1H3. The Hall–Kier alpha value is -2.14. The number of fused-ring (bicyclic) bond motifs is 1. The van der Waals surface area contributed by atoms with Crippen molar-refractivity contribution in [1.82, 2.24) is 9.97 Å². The molecular formula is C15H12BrN3O. The van der Waals surface area contributed by atoms with E-state index in [-0.39, 0.29) is 0 Å². The van der Waals surface area contributed by atoms with Crippen molar-refractivity contribution in [2.24, 2.45) is 0 Å². The van der Waals surface area contributed by atoms with Gasteiger partial charge in [-0.25, -0.2) is 0 Å². The molecule has 0 aliphatic rings. The zero-order valence-electron chi connectivity index (χ0n) is 10.8. The summed E-state index contributed by atoms with van der Waals surface area (Å²) in [6.45, 7) is 1.90. The van der Waals surface area contributed by atoms with Crippen molar-refractivity contribution in [3.05, 3.63) is 52.9 Å². The van der Waals surface area contributed by atoms with Gasteiger partial charge in [-0.3, -0.25) is 9.97 Å². The predicted molar refractivity (Wildman–Crippen MR) is 82.9 cm³/mol. The Balaban J connectivity index is 2.13. The van der Waals surface area contributed by atoms with Crippen LogP contribution in [-0.2, 0) is 0 Å². The Morgan fingerprint density at radius 3 is 2.80 bits per heavy atom. The molecular weight excluding hydrogens is 318 g/mol. The number of pyridine rings is 2. The second-order valence-corrected chi connectivity index (χ2v) is 5.31. The Kier molecular flexibility index (Phi) is 3.28. The van der Waals surface area contributed by atoms with Crippen LogP contribution in [0.25, 0.3) is 10.9 Å². The highest BCUT2D eigenvalue weighted by molar-refractivity contribution is 9.10. The molecule has 0 aliphatic heterocycles. The van der Waals surface area contributed by atoms with Crippen LogP contribution >= 0.6 is 15.9 Å². The van der Waals surface area contributed by atoms with Crippen molar-refractivity contribution in [2.75, 3.05) is 5.73 Å². The van der Waals surface area contributed by atoms with E-state index in [9.17, 15) is 0 Å². The fourth-order valence-electron chi connectivity index (χ4n) is 1.97. The summed E-state index contributed by atoms with van der Waals surface area (Å²) in [6, 6.07) is 9.29. The molecule has 100 valence electrons. The number of halogens is 1. The van der Waals surface area contributed by atoms with Crippen LogP contribution in [0.5, 0.6) is 11.5 Å². The Bertz CT molecular complexity index is 789. The molecule has 0 unspecified atom stereocenters. The molecule has 3 aromatic rings. The molecule has 0 radical (unpaired) electrons. The first-order chi connectivity index (χ1) is 9.65. The third-order valence-corrected chi connectivity index (χ3v) is 3.43. The number of aromatic nitrogens is 2. The fourth-order valence-corrected chi connectivity index (χ4v) is 2.30. The molecule has 0 fully saturated rings. The van der Waals surface area contributed by atoms with E-state index in [1.165, 1.54) is 0 Å². The lowest BCUT2D eigenvalue weighted by atomic mass is 10.1. The number of hydrogen-bond donors (Lipinski definition) is 1. The molecule has 0 aliphatic carbocycles. The van der Waals surface area contributed by atoms with Gasteiger partial charge in [-0.15, -0.1) is 0 Å². The van der Waals surface area contributed by atoms with Crippen LogP contribution in [0.1, 0.15) is 5.69 Å². The van der Waals surface area contributed by atoms with Gasteiger partial charge >= 0.3 is 0 Å². The summed E-state index contributed by atoms with van der Waals surface area (Å²) < 4.78 is 6.80. The molecule has 0 bridgehead atoms. The molecule has 2 aromatic heterocycles. The highest BCUT2D eigenvalue weighted by Gasteiger charge is 2.09. The maximum Gasteiger partial charge on any atom is 0.153 e. The minimum atomic E-state index is 0.665. The molecule has 2 N–H and O–H groups in total. The van der Waals surface area contributed by atoms with Crippen LogP contribution in [0.2, 0.25) is 0 Å². The number of anilines is 1. The molecule has 2 heterocycles. The van der Waals surface area contributed by atoms with Crippen molar-refractivity contribution in [2.45, 2.75) is 6.92 Å². The summed E-state index contributed by atoms with van der Waals surface area (Å²) >= 11 is 3.40. The van der Waals surface area contributed by atoms with Gasteiger partial charge in [0.15, 0.2) is 5.75 Å². The summed E-state index contributed by atoms with van der Waals surface area (Å²) in [6.07, 6.45) is 3.46. The van der Waals surface area contributed by atoms with E-state index >= 15 is 0 Å². The average molecular weight is 330 g/mol.